The molecule has 0 fully saturated rings. The van der Waals surface area contributed by atoms with Crippen LogP contribution in [0.1, 0.15) is 0 Å². The highest BCUT2D eigenvalue weighted by atomic mass is 79.9. The lowest BCUT2D eigenvalue weighted by atomic mass is 10.2. The van der Waals surface area contributed by atoms with Crippen molar-refractivity contribution in [3.05, 3.63) is 43.5 Å². The number of aromatic amines is 1. The van der Waals surface area contributed by atoms with E-state index in [4.69, 9.17) is 5.11 Å². The summed E-state index contributed by atoms with van der Waals surface area (Å²) in [5.41, 5.74) is -0.431. The number of aliphatic hydroxyl groups excluding tert-OH is 1. The minimum absolute atomic E-state index is 0.00335. The third-order valence-corrected chi connectivity index (χ3v) is 2.95. The summed E-state index contributed by atoms with van der Waals surface area (Å²) in [5, 5.41) is 9.19. The Hall–Kier alpha value is -1.40. The summed E-state index contributed by atoms with van der Waals surface area (Å²) in [7, 11) is 0. The molecule has 0 saturated carbocycles. The Morgan fingerprint density at radius 2 is 2.12 bits per heavy atom. The molecule has 0 aliphatic carbocycles. The molecular formula is C10H9BrN2O3. The van der Waals surface area contributed by atoms with Gasteiger partial charge in [-0.3, -0.25) is 9.36 Å². The summed E-state index contributed by atoms with van der Waals surface area (Å²) in [5.74, 6) is 0. The highest BCUT2D eigenvalue weighted by molar-refractivity contribution is 9.10. The molecule has 5 nitrogen and oxygen atoms in total. The average Bonchev–Trinajstić information content (AvgIpc) is 2.26. The standard InChI is InChI=1S/C10H9BrN2O3/c11-7-3-1-2-6-8(7)12-10(16)13(4-5-14)9(6)15/h1-3,14H,4-5H2,(H,12,16). The van der Waals surface area contributed by atoms with Gasteiger partial charge in [-0.25, -0.2) is 4.79 Å². The first kappa shape index (κ1) is 11.1. The number of aliphatic hydroxyl groups is 1. The van der Waals surface area contributed by atoms with Gasteiger partial charge >= 0.3 is 5.69 Å². The highest BCUT2D eigenvalue weighted by Gasteiger charge is 2.08. The molecule has 0 spiro atoms. The number of halogens is 1. The van der Waals surface area contributed by atoms with Crippen LogP contribution >= 0.6 is 15.9 Å². The van der Waals surface area contributed by atoms with Gasteiger partial charge in [-0.2, -0.15) is 0 Å². The maximum absolute atomic E-state index is 11.9. The van der Waals surface area contributed by atoms with E-state index in [0.717, 1.165) is 4.57 Å². The van der Waals surface area contributed by atoms with Crippen LogP contribution in [0, 0.1) is 0 Å². The van der Waals surface area contributed by atoms with Gasteiger partial charge in [-0.15, -0.1) is 0 Å². The van der Waals surface area contributed by atoms with Crippen molar-refractivity contribution in [3.8, 4) is 0 Å². The van der Waals surface area contributed by atoms with E-state index in [9.17, 15) is 9.59 Å². The van der Waals surface area contributed by atoms with Gasteiger partial charge in [0, 0.05) is 4.47 Å². The van der Waals surface area contributed by atoms with Crippen LogP contribution in [-0.4, -0.2) is 21.3 Å². The molecule has 0 saturated heterocycles. The van der Waals surface area contributed by atoms with Crippen LogP contribution in [0.15, 0.2) is 32.3 Å². The van der Waals surface area contributed by atoms with Gasteiger partial charge in [0.1, 0.15) is 0 Å². The summed E-state index contributed by atoms with van der Waals surface area (Å²) in [6.45, 7) is -0.251. The van der Waals surface area contributed by atoms with Crippen molar-refractivity contribution < 1.29 is 5.11 Å². The second-order valence-corrected chi connectivity index (χ2v) is 4.13. The molecule has 16 heavy (non-hydrogen) atoms. The lowest BCUT2D eigenvalue weighted by Crippen LogP contribution is -2.36. The van der Waals surface area contributed by atoms with Crippen molar-refractivity contribution >= 4 is 26.8 Å². The molecule has 2 aromatic rings. The Balaban J connectivity index is 2.90. The van der Waals surface area contributed by atoms with Crippen molar-refractivity contribution in [3.63, 3.8) is 0 Å². The highest BCUT2D eigenvalue weighted by Crippen LogP contribution is 2.17. The second-order valence-electron chi connectivity index (χ2n) is 3.27. The molecule has 0 radical (unpaired) electrons. The van der Waals surface area contributed by atoms with Crippen molar-refractivity contribution in [1.82, 2.24) is 9.55 Å². The number of nitrogens with one attached hydrogen (secondary N) is 1. The number of hydrogen-bond acceptors (Lipinski definition) is 3. The van der Waals surface area contributed by atoms with Crippen molar-refractivity contribution in [1.29, 1.82) is 0 Å². The minimum Gasteiger partial charge on any atom is -0.395 e. The quantitative estimate of drug-likeness (QED) is 0.841. The fourth-order valence-corrected chi connectivity index (χ4v) is 2.01. The Morgan fingerprint density at radius 3 is 2.81 bits per heavy atom. The molecule has 1 aromatic carbocycles. The van der Waals surface area contributed by atoms with Crippen LogP contribution in [0.3, 0.4) is 0 Å². The maximum atomic E-state index is 11.9. The van der Waals surface area contributed by atoms with Crippen LogP contribution in [0.2, 0.25) is 0 Å². The molecule has 0 unspecified atom stereocenters. The van der Waals surface area contributed by atoms with E-state index in [-0.39, 0.29) is 13.2 Å². The zero-order valence-electron chi connectivity index (χ0n) is 8.24. The van der Waals surface area contributed by atoms with E-state index in [1.165, 1.54) is 0 Å². The summed E-state index contributed by atoms with van der Waals surface area (Å²) in [6, 6.07) is 5.09. The number of nitrogens with zero attached hydrogens (tertiary/aromatic N) is 1. The van der Waals surface area contributed by atoms with E-state index in [1.807, 2.05) is 0 Å². The molecule has 0 amide bonds. The predicted molar refractivity (Wildman–Crippen MR) is 63.6 cm³/mol. The summed E-state index contributed by atoms with van der Waals surface area (Å²) in [6.07, 6.45) is 0. The number of benzene rings is 1. The molecule has 6 heteroatoms. The van der Waals surface area contributed by atoms with Gasteiger partial charge in [0.05, 0.1) is 24.1 Å². The van der Waals surface area contributed by atoms with Gasteiger partial charge in [0.2, 0.25) is 0 Å². The predicted octanol–water partition coefficient (Wildman–Crippen LogP) is 0.445. The number of aromatic nitrogens is 2. The van der Waals surface area contributed by atoms with Crippen molar-refractivity contribution in [2.45, 2.75) is 6.54 Å². The minimum atomic E-state index is -0.515. The van der Waals surface area contributed by atoms with E-state index in [2.05, 4.69) is 20.9 Å². The molecule has 0 aliphatic rings. The molecular weight excluding hydrogens is 276 g/mol. The maximum Gasteiger partial charge on any atom is 0.328 e. The molecule has 2 rings (SSSR count). The first-order valence-electron chi connectivity index (χ1n) is 4.67. The van der Waals surface area contributed by atoms with Crippen molar-refractivity contribution in [2.75, 3.05) is 6.61 Å². The van der Waals surface area contributed by atoms with Crippen LogP contribution in [0.25, 0.3) is 10.9 Å². The fourth-order valence-electron chi connectivity index (χ4n) is 1.54. The Labute approximate surface area is 98.5 Å². The number of hydrogen-bond donors (Lipinski definition) is 2. The molecule has 0 bridgehead atoms. The number of fused-ring (bicyclic) bond motifs is 1. The monoisotopic (exact) mass is 284 g/mol. The van der Waals surface area contributed by atoms with Gasteiger partial charge in [0.25, 0.3) is 5.56 Å². The second kappa shape index (κ2) is 4.23. The zero-order valence-corrected chi connectivity index (χ0v) is 9.82. The summed E-state index contributed by atoms with van der Waals surface area (Å²) >= 11 is 3.26. The van der Waals surface area contributed by atoms with Gasteiger partial charge in [-0.1, -0.05) is 6.07 Å². The van der Waals surface area contributed by atoms with E-state index >= 15 is 0 Å². The topological polar surface area (TPSA) is 75.1 Å². The largest absolute Gasteiger partial charge is 0.395 e. The zero-order chi connectivity index (χ0) is 11.7. The molecule has 0 atom stereocenters. The molecule has 1 aromatic heterocycles. The molecule has 0 aliphatic heterocycles. The summed E-state index contributed by atoms with van der Waals surface area (Å²) in [4.78, 5) is 26.1. The lowest BCUT2D eigenvalue weighted by molar-refractivity contribution is 0.272. The van der Waals surface area contributed by atoms with Crippen LogP contribution in [-0.2, 0) is 6.54 Å². The summed E-state index contributed by atoms with van der Waals surface area (Å²) < 4.78 is 1.64. The van der Waals surface area contributed by atoms with E-state index < -0.39 is 11.2 Å². The smallest absolute Gasteiger partial charge is 0.328 e. The van der Waals surface area contributed by atoms with E-state index in [1.54, 1.807) is 18.2 Å². The van der Waals surface area contributed by atoms with Crippen LogP contribution in [0.5, 0.6) is 0 Å². The molecule has 1 heterocycles. The van der Waals surface area contributed by atoms with Gasteiger partial charge in [0.15, 0.2) is 0 Å². The number of rotatable bonds is 2. The van der Waals surface area contributed by atoms with E-state index in [0.29, 0.717) is 15.4 Å². The Kier molecular flexibility index (Phi) is 2.93. The third kappa shape index (κ3) is 1.70. The normalized spacial score (nSPS) is 10.9. The first-order chi connectivity index (χ1) is 7.65. The fraction of sp³-hybridized carbons (Fsp3) is 0.200. The molecule has 84 valence electrons. The Morgan fingerprint density at radius 1 is 1.38 bits per heavy atom. The Bertz CT molecular complexity index is 645. The number of para-hydroxylation sites is 1. The van der Waals surface area contributed by atoms with Crippen LogP contribution < -0.4 is 11.2 Å². The third-order valence-electron chi connectivity index (χ3n) is 2.29. The molecule has 2 N–H and O–H groups in total. The van der Waals surface area contributed by atoms with Gasteiger partial charge < -0.3 is 10.1 Å². The first-order valence-corrected chi connectivity index (χ1v) is 5.46. The SMILES string of the molecule is O=c1[nH]c2c(Br)cccc2c(=O)n1CCO. The van der Waals surface area contributed by atoms with Crippen LogP contribution in [0.4, 0.5) is 0 Å². The number of H-pyrrole nitrogens is 1. The average molecular weight is 285 g/mol. The van der Waals surface area contributed by atoms with Crippen molar-refractivity contribution in [2.24, 2.45) is 0 Å². The van der Waals surface area contributed by atoms with Gasteiger partial charge in [-0.05, 0) is 28.1 Å². The lowest BCUT2D eigenvalue weighted by Gasteiger charge is -2.05.